The van der Waals surface area contributed by atoms with E-state index in [0.717, 1.165) is 31.2 Å². The Hall–Kier alpha value is -2.88. The summed E-state index contributed by atoms with van der Waals surface area (Å²) in [5, 5.41) is 11.8. The number of carbonyl (C=O) groups excluding carboxylic acids is 1. The molecule has 2 aromatic rings. The highest BCUT2D eigenvalue weighted by Crippen LogP contribution is 2.20. The minimum Gasteiger partial charge on any atom is -0.478 e. The maximum atomic E-state index is 12.2. The third-order valence-corrected chi connectivity index (χ3v) is 4.16. The largest absolute Gasteiger partial charge is 0.478 e. The van der Waals surface area contributed by atoms with Gasteiger partial charge in [-0.2, -0.15) is 0 Å². The highest BCUT2D eigenvalue weighted by molar-refractivity contribution is 6.06. The van der Waals surface area contributed by atoms with Crippen molar-refractivity contribution >= 4 is 23.6 Å². The van der Waals surface area contributed by atoms with Crippen molar-refractivity contribution in [2.24, 2.45) is 0 Å². The SMILES string of the molecule is CCCc1cccc(C=CC(=O)Nc2ccccc2C(=O)O)c1CCC. The average Bonchev–Trinajstić information content (AvgIpc) is 2.62. The maximum Gasteiger partial charge on any atom is 0.337 e. The number of hydrogen-bond donors (Lipinski definition) is 2. The zero-order valence-electron chi connectivity index (χ0n) is 15.3. The van der Waals surface area contributed by atoms with Crippen molar-refractivity contribution < 1.29 is 14.7 Å². The van der Waals surface area contributed by atoms with Crippen LogP contribution in [0.3, 0.4) is 0 Å². The molecule has 0 spiro atoms. The van der Waals surface area contributed by atoms with Crippen molar-refractivity contribution in [1.29, 1.82) is 0 Å². The Labute approximate surface area is 154 Å². The van der Waals surface area contributed by atoms with Gasteiger partial charge in [0.2, 0.25) is 5.91 Å². The van der Waals surface area contributed by atoms with Gasteiger partial charge < -0.3 is 10.4 Å². The van der Waals surface area contributed by atoms with Gasteiger partial charge in [-0.3, -0.25) is 4.79 Å². The maximum absolute atomic E-state index is 12.2. The van der Waals surface area contributed by atoms with E-state index in [-0.39, 0.29) is 11.5 Å². The predicted octanol–water partition coefficient (Wildman–Crippen LogP) is 4.94. The van der Waals surface area contributed by atoms with Crippen LogP contribution >= 0.6 is 0 Å². The number of carboxylic acid groups (broad SMARTS) is 1. The number of hydrogen-bond acceptors (Lipinski definition) is 2. The lowest BCUT2D eigenvalue weighted by atomic mass is 9.94. The summed E-state index contributed by atoms with van der Waals surface area (Å²) in [7, 11) is 0. The molecule has 2 aromatic carbocycles. The van der Waals surface area contributed by atoms with Crippen LogP contribution in [0.15, 0.2) is 48.5 Å². The van der Waals surface area contributed by atoms with Crippen molar-refractivity contribution in [3.05, 3.63) is 70.8 Å². The molecular weight excluding hydrogens is 326 g/mol. The molecule has 0 aliphatic heterocycles. The number of anilines is 1. The second-order valence-electron chi connectivity index (χ2n) is 6.16. The molecule has 0 unspecified atom stereocenters. The van der Waals surface area contributed by atoms with Gasteiger partial charge >= 0.3 is 5.97 Å². The van der Waals surface area contributed by atoms with E-state index >= 15 is 0 Å². The number of rotatable bonds is 8. The Morgan fingerprint density at radius 1 is 1.00 bits per heavy atom. The summed E-state index contributed by atoms with van der Waals surface area (Å²) < 4.78 is 0. The second kappa shape index (κ2) is 9.56. The molecule has 4 nitrogen and oxygen atoms in total. The summed E-state index contributed by atoms with van der Waals surface area (Å²) in [6.45, 7) is 4.30. The molecule has 0 radical (unpaired) electrons. The number of para-hydroxylation sites is 1. The van der Waals surface area contributed by atoms with E-state index in [1.165, 1.54) is 23.3 Å². The minimum atomic E-state index is -1.07. The normalized spacial score (nSPS) is 10.8. The van der Waals surface area contributed by atoms with E-state index < -0.39 is 5.97 Å². The van der Waals surface area contributed by atoms with Gasteiger partial charge in [-0.15, -0.1) is 0 Å². The number of carboxylic acids is 1. The first-order valence-electron chi connectivity index (χ1n) is 8.99. The van der Waals surface area contributed by atoms with Crippen LogP contribution in [0.25, 0.3) is 6.08 Å². The highest BCUT2D eigenvalue weighted by Gasteiger charge is 2.10. The van der Waals surface area contributed by atoms with Gasteiger partial charge in [0, 0.05) is 6.08 Å². The third kappa shape index (κ3) is 5.06. The molecule has 1 amide bonds. The summed E-state index contributed by atoms with van der Waals surface area (Å²) in [6, 6.07) is 12.6. The van der Waals surface area contributed by atoms with Crippen molar-refractivity contribution in [2.75, 3.05) is 5.32 Å². The molecule has 136 valence electrons. The van der Waals surface area contributed by atoms with Crippen LogP contribution in [0.1, 0.15) is 53.7 Å². The number of aromatic carboxylic acids is 1. The van der Waals surface area contributed by atoms with Gasteiger partial charge in [-0.05, 0) is 47.7 Å². The zero-order valence-corrected chi connectivity index (χ0v) is 15.3. The van der Waals surface area contributed by atoms with E-state index in [0.29, 0.717) is 5.69 Å². The number of amides is 1. The highest BCUT2D eigenvalue weighted by atomic mass is 16.4. The molecule has 0 bridgehead atoms. The first-order chi connectivity index (χ1) is 12.6. The lowest BCUT2D eigenvalue weighted by Gasteiger charge is -2.12. The first-order valence-corrected chi connectivity index (χ1v) is 8.99. The molecule has 0 aliphatic carbocycles. The lowest BCUT2D eigenvalue weighted by molar-refractivity contribution is -0.111. The lowest BCUT2D eigenvalue weighted by Crippen LogP contribution is -2.11. The van der Waals surface area contributed by atoms with Gasteiger partial charge in [0.25, 0.3) is 0 Å². The monoisotopic (exact) mass is 351 g/mol. The van der Waals surface area contributed by atoms with E-state index in [4.69, 9.17) is 0 Å². The minimum absolute atomic E-state index is 0.0749. The summed E-state index contributed by atoms with van der Waals surface area (Å²) in [5.41, 5.74) is 4.02. The third-order valence-electron chi connectivity index (χ3n) is 4.16. The zero-order chi connectivity index (χ0) is 18.9. The van der Waals surface area contributed by atoms with Crippen LogP contribution in [0.2, 0.25) is 0 Å². The van der Waals surface area contributed by atoms with Gasteiger partial charge in [0.05, 0.1) is 11.3 Å². The van der Waals surface area contributed by atoms with Crippen LogP contribution < -0.4 is 5.32 Å². The number of aryl methyl sites for hydroxylation is 1. The molecule has 0 saturated heterocycles. The fourth-order valence-electron chi connectivity index (χ4n) is 2.99. The fraction of sp³-hybridized carbons (Fsp3) is 0.273. The molecule has 0 aromatic heterocycles. The average molecular weight is 351 g/mol. The van der Waals surface area contributed by atoms with Gasteiger partial charge in [0.15, 0.2) is 0 Å². The first kappa shape index (κ1) is 19.4. The van der Waals surface area contributed by atoms with Gasteiger partial charge in [0.1, 0.15) is 0 Å². The molecule has 4 heteroatoms. The Morgan fingerprint density at radius 3 is 2.42 bits per heavy atom. The van der Waals surface area contributed by atoms with Crippen LogP contribution in [-0.4, -0.2) is 17.0 Å². The molecule has 0 saturated carbocycles. The van der Waals surface area contributed by atoms with Gasteiger partial charge in [-0.25, -0.2) is 4.79 Å². The molecule has 0 aliphatic rings. The molecule has 2 N–H and O–H groups in total. The molecule has 26 heavy (non-hydrogen) atoms. The Bertz CT molecular complexity index is 809. The summed E-state index contributed by atoms with van der Waals surface area (Å²) >= 11 is 0. The Balaban J connectivity index is 2.21. The van der Waals surface area contributed by atoms with Crippen molar-refractivity contribution in [1.82, 2.24) is 0 Å². The summed E-state index contributed by atoms with van der Waals surface area (Å²) in [6.07, 6.45) is 7.39. The molecule has 0 fully saturated rings. The van der Waals surface area contributed by atoms with Gasteiger partial charge in [-0.1, -0.05) is 57.0 Å². The molecule has 0 heterocycles. The van der Waals surface area contributed by atoms with E-state index in [1.807, 2.05) is 18.2 Å². The van der Waals surface area contributed by atoms with E-state index in [9.17, 15) is 14.7 Å². The predicted molar refractivity (Wildman–Crippen MR) is 105 cm³/mol. The van der Waals surface area contributed by atoms with E-state index in [1.54, 1.807) is 18.2 Å². The van der Waals surface area contributed by atoms with Crippen LogP contribution in [0, 0.1) is 0 Å². The van der Waals surface area contributed by atoms with Crippen molar-refractivity contribution in [2.45, 2.75) is 39.5 Å². The summed E-state index contributed by atoms with van der Waals surface area (Å²) in [5.74, 6) is -1.41. The Kier molecular flexibility index (Phi) is 7.15. The quantitative estimate of drug-likeness (QED) is 0.662. The topological polar surface area (TPSA) is 66.4 Å². The fourth-order valence-corrected chi connectivity index (χ4v) is 2.99. The molecule has 2 rings (SSSR count). The van der Waals surface area contributed by atoms with Crippen LogP contribution in [0.4, 0.5) is 5.69 Å². The van der Waals surface area contributed by atoms with Crippen LogP contribution in [-0.2, 0) is 17.6 Å². The van der Waals surface area contributed by atoms with Crippen LogP contribution in [0.5, 0.6) is 0 Å². The molecule has 0 atom stereocenters. The smallest absolute Gasteiger partial charge is 0.337 e. The number of carbonyl (C=O) groups is 2. The number of benzene rings is 2. The standard InChI is InChI=1S/C22H25NO3/c1-3-8-16-10-7-11-17(18(16)9-4-2)14-15-21(24)23-20-13-6-5-12-19(20)22(25)26/h5-7,10-15H,3-4,8-9H2,1-2H3,(H,23,24)(H,25,26). The summed E-state index contributed by atoms with van der Waals surface area (Å²) in [4.78, 5) is 23.5. The number of nitrogens with one attached hydrogen (secondary N) is 1. The van der Waals surface area contributed by atoms with Crippen molar-refractivity contribution in [3.8, 4) is 0 Å². The van der Waals surface area contributed by atoms with Crippen molar-refractivity contribution in [3.63, 3.8) is 0 Å². The van der Waals surface area contributed by atoms with E-state index in [2.05, 4.69) is 25.2 Å². The molecular formula is C22H25NO3. The second-order valence-corrected chi connectivity index (χ2v) is 6.16. The Morgan fingerprint density at radius 2 is 1.73 bits per heavy atom.